The van der Waals surface area contributed by atoms with Crippen molar-refractivity contribution in [2.75, 3.05) is 0 Å². The molecule has 6 N–H and O–H groups in total. The molecule has 0 radical (unpaired) electrons. The number of hydrogen-bond donors (Lipinski definition) is 3. The van der Waals surface area contributed by atoms with Crippen LogP contribution in [0.15, 0.2) is 51.7 Å². The number of aryl methyl sites for hydroxylation is 1. The molecule has 0 amide bonds. The summed E-state index contributed by atoms with van der Waals surface area (Å²) >= 11 is 0. The minimum Gasteiger partial charge on any atom is -0.370 e. The molecule has 8 nitrogen and oxygen atoms in total. The molecule has 0 saturated carbocycles. The lowest BCUT2D eigenvalue weighted by atomic mass is 10.3. The Kier molecular flexibility index (Phi) is 6.07. The fraction of sp³-hybridized carbons (Fsp3) is 0.267. The van der Waals surface area contributed by atoms with Gasteiger partial charge in [-0.05, 0) is 30.7 Å². The Bertz CT molecular complexity index is 760. The number of aromatic nitrogens is 2. The van der Waals surface area contributed by atoms with Gasteiger partial charge in [-0.1, -0.05) is 6.92 Å². The summed E-state index contributed by atoms with van der Waals surface area (Å²) in [6.45, 7) is 2.96. The van der Waals surface area contributed by atoms with Crippen LogP contribution in [0.25, 0.3) is 0 Å². The highest BCUT2D eigenvalue weighted by atomic mass is 32.2. The largest absolute Gasteiger partial charge is 0.370 e. The molecule has 2 aromatic rings. The molecule has 9 heteroatoms. The van der Waals surface area contributed by atoms with Gasteiger partial charge >= 0.3 is 0 Å². The van der Waals surface area contributed by atoms with E-state index in [0.29, 0.717) is 16.3 Å². The zero-order valence-electron chi connectivity index (χ0n) is 13.4. The van der Waals surface area contributed by atoms with Gasteiger partial charge in [0.25, 0.3) is 0 Å². The van der Waals surface area contributed by atoms with E-state index in [0.717, 1.165) is 18.7 Å². The number of hydrogen-bond acceptors (Lipinski definition) is 3. The summed E-state index contributed by atoms with van der Waals surface area (Å²) in [4.78, 5) is 12.5. The smallest absolute Gasteiger partial charge is 0.223 e. The lowest BCUT2D eigenvalue weighted by molar-refractivity contribution is 0.652. The number of imidazole rings is 1. The summed E-state index contributed by atoms with van der Waals surface area (Å²) in [5, 5.41) is 0. The second-order valence-corrected chi connectivity index (χ2v) is 6.52. The Morgan fingerprint density at radius 2 is 1.96 bits per heavy atom. The van der Waals surface area contributed by atoms with E-state index in [2.05, 4.69) is 21.9 Å². The molecule has 0 saturated heterocycles. The van der Waals surface area contributed by atoms with Gasteiger partial charge in [0.15, 0.2) is 5.96 Å². The van der Waals surface area contributed by atoms with Crippen LogP contribution in [-0.4, -0.2) is 25.7 Å². The lowest BCUT2D eigenvalue weighted by Crippen LogP contribution is -2.26. The predicted octanol–water partition coefficient (Wildman–Crippen LogP) is 0.821. The van der Waals surface area contributed by atoms with E-state index in [1.165, 1.54) is 0 Å². The quantitative estimate of drug-likeness (QED) is 0.524. The van der Waals surface area contributed by atoms with Crippen molar-refractivity contribution >= 4 is 28.4 Å². The Labute approximate surface area is 143 Å². The molecule has 0 aliphatic carbocycles. The van der Waals surface area contributed by atoms with Crippen molar-refractivity contribution in [3.8, 4) is 0 Å². The number of nitrogens with two attached hydrogens (primary N) is 3. The van der Waals surface area contributed by atoms with Crippen LogP contribution in [0.5, 0.6) is 0 Å². The van der Waals surface area contributed by atoms with Gasteiger partial charge in [-0.3, -0.25) is 4.21 Å². The van der Waals surface area contributed by atoms with Gasteiger partial charge in [0.05, 0.1) is 34.3 Å². The van der Waals surface area contributed by atoms with Crippen molar-refractivity contribution < 1.29 is 4.21 Å². The van der Waals surface area contributed by atoms with Crippen LogP contribution in [0, 0.1) is 0 Å². The van der Waals surface area contributed by atoms with Crippen molar-refractivity contribution in [1.29, 1.82) is 0 Å². The molecule has 1 unspecified atom stereocenters. The van der Waals surface area contributed by atoms with Gasteiger partial charge in [0, 0.05) is 17.6 Å². The standard InChI is InChI=1S/C15H21N7OS/c1-2-7-22-10-19-8-12(22)9-24(23)13-5-3-11(4-6-13)20-15(18)21-14(16)17/h3-6,8,10H,2,7,9H2,1H3,(H6,16,17,18,20,21). The Morgan fingerprint density at radius 1 is 1.25 bits per heavy atom. The molecule has 2 rings (SSSR count). The van der Waals surface area contributed by atoms with Crippen molar-refractivity contribution in [2.24, 2.45) is 27.2 Å². The molecule has 128 valence electrons. The van der Waals surface area contributed by atoms with E-state index >= 15 is 0 Å². The van der Waals surface area contributed by atoms with Crippen molar-refractivity contribution in [1.82, 2.24) is 9.55 Å². The summed E-state index contributed by atoms with van der Waals surface area (Å²) in [6.07, 6.45) is 4.52. The first-order chi connectivity index (χ1) is 11.5. The van der Waals surface area contributed by atoms with E-state index in [-0.39, 0.29) is 11.9 Å². The second kappa shape index (κ2) is 8.25. The van der Waals surface area contributed by atoms with Crippen LogP contribution in [0.3, 0.4) is 0 Å². The molecular formula is C15H21N7OS. The Morgan fingerprint density at radius 3 is 2.58 bits per heavy atom. The highest BCUT2D eigenvalue weighted by Crippen LogP contribution is 2.18. The average molecular weight is 347 g/mol. The summed E-state index contributed by atoms with van der Waals surface area (Å²) in [7, 11) is -1.16. The third-order valence-corrected chi connectivity index (χ3v) is 4.48. The monoisotopic (exact) mass is 347 g/mol. The van der Waals surface area contributed by atoms with Crippen LogP contribution in [0.1, 0.15) is 19.0 Å². The molecule has 0 spiro atoms. The first-order valence-corrected chi connectivity index (χ1v) is 8.72. The van der Waals surface area contributed by atoms with Gasteiger partial charge in [-0.15, -0.1) is 0 Å². The Hall–Kier alpha value is -2.68. The van der Waals surface area contributed by atoms with E-state index in [1.807, 2.05) is 4.57 Å². The number of rotatable bonds is 6. The van der Waals surface area contributed by atoms with Crippen molar-refractivity contribution in [3.05, 3.63) is 42.5 Å². The second-order valence-electron chi connectivity index (χ2n) is 5.07. The maximum atomic E-state index is 12.5. The molecule has 0 bridgehead atoms. The van der Waals surface area contributed by atoms with Crippen LogP contribution in [0.4, 0.5) is 5.69 Å². The summed E-state index contributed by atoms with van der Waals surface area (Å²) < 4.78 is 14.5. The molecular weight excluding hydrogens is 326 g/mol. The van der Waals surface area contributed by atoms with E-state index in [9.17, 15) is 4.21 Å². The van der Waals surface area contributed by atoms with Gasteiger partial charge in [-0.25, -0.2) is 9.98 Å². The molecule has 0 aliphatic heterocycles. The highest BCUT2D eigenvalue weighted by Gasteiger charge is 2.09. The van der Waals surface area contributed by atoms with E-state index in [1.54, 1.807) is 36.8 Å². The Balaban J connectivity index is 2.08. The molecule has 24 heavy (non-hydrogen) atoms. The lowest BCUT2D eigenvalue weighted by Gasteiger charge is -2.07. The van der Waals surface area contributed by atoms with Crippen LogP contribution in [0.2, 0.25) is 0 Å². The summed E-state index contributed by atoms with van der Waals surface area (Å²) in [6, 6.07) is 6.92. The first kappa shape index (κ1) is 17.7. The molecule has 1 aromatic heterocycles. The molecule has 1 aromatic carbocycles. The highest BCUT2D eigenvalue weighted by molar-refractivity contribution is 7.84. The van der Waals surface area contributed by atoms with Crippen LogP contribution >= 0.6 is 0 Å². The number of nitrogens with zero attached hydrogens (tertiary/aromatic N) is 4. The van der Waals surface area contributed by atoms with Crippen molar-refractivity contribution in [3.63, 3.8) is 0 Å². The SMILES string of the molecule is CCCn1cncc1CS(=O)c1ccc(N=C(N)N=C(N)N)cc1. The zero-order valence-corrected chi connectivity index (χ0v) is 14.2. The fourth-order valence-corrected chi connectivity index (χ4v) is 3.21. The summed E-state index contributed by atoms with van der Waals surface area (Å²) in [5.74, 6) is 0.226. The molecule has 0 aliphatic rings. The van der Waals surface area contributed by atoms with E-state index < -0.39 is 10.8 Å². The van der Waals surface area contributed by atoms with Gasteiger partial charge in [-0.2, -0.15) is 4.99 Å². The van der Waals surface area contributed by atoms with E-state index in [4.69, 9.17) is 17.2 Å². The fourth-order valence-electron chi connectivity index (χ4n) is 2.09. The third kappa shape index (κ3) is 4.92. The third-order valence-electron chi connectivity index (χ3n) is 3.13. The topological polar surface area (TPSA) is 138 Å². The molecule has 0 fully saturated rings. The maximum Gasteiger partial charge on any atom is 0.223 e. The predicted molar refractivity (Wildman–Crippen MR) is 96.2 cm³/mol. The van der Waals surface area contributed by atoms with Crippen LogP contribution < -0.4 is 17.2 Å². The van der Waals surface area contributed by atoms with Crippen LogP contribution in [-0.2, 0) is 23.1 Å². The van der Waals surface area contributed by atoms with Gasteiger partial charge < -0.3 is 21.8 Å². The normalized spacial score (nSPS) is 12.8. The molecule has 1 atom stereocenters. The number of guanidine groups is 2. The number of aliphatic imine (C=N–C) groups is 2. The van der Waals surface area contributed by atoms with Crippen molar-refractivity contribution in [2.45, 2.75) is 30.5 Å². The molecule has 1 heterocycles. The zero-order chi connectivity index (χ0) is 17.5. The maximum absolute atomic E-state index is 12.5. The number of benzene rings is 1. The first-order valence-electron chi connectivity index (χ1n) is 7.41. The minimum absolute atomic E-state index is 0.0349. The van der Waals surface area contributed by atoms with Gasteiger partial charge in [0.2, 0.25) is 5.96 Å². The summed E-state index contributed by atoms with van der Waals surface area (Å²) in [5.41, 5.74) is 17.6. The minimum atomic E-state index is -1.16. The average Bonchev–Trinajstić information content (AvgIpc) is 2.94. The van der Waals surface area contributed by atoms with Gasteiger partial charge in [0.1, 0.15) is 0 Å².